The van der Waals surface area contributed by atoms with Crippen molar-refractivity contribution < 1.29 is 17.7 Å². The van der Waals surface area contributed by atoms with Crippen molar-refractivity contribution in [1.82, 2.24) is 0 Å². The van der Waals surface area contributed by atoms with Gasteiger partial charge >= 0.3 is 17.1 Å². The lowest BCUT2D eigenvalue weighted by Crippen LogP contribution is -2.46. The molecule has 0 amide bonds. The van der Waals surface area contributed by atoms with Crippen LogP contribution in [0.3, 0.4) is 0 Å². The Morgan fingerprint density at radius 2 is 0.958 bits per heavy atom. The molecule has 0 aliphatic rings. The van der Waals surface area contributed by atoms with Crippen LogP contribution in [-0.4, -0.2) is 45.6 Å². The second-order valence-corrected chi connectivity index (χ2v) is 15.2. The minimum absolute atomic E-state index is 0.512. The van der Waals surface area contributed by atoms with Gasteiger partial charge in [0.25, 0.3) is 0 Å². The van der Waals surface area contributed by atoms with Crippen LogP contribution in [0.2, 0.25) is 23.2 Å². The van der Waals surface area contributed by atoms with E-state index in [1.807, 2.05) is 0 Å². The zero-order chi connectivity index (χ0) is 19.2. The third kappa shape index (κ3) is 8.58. The van der Waals surface area contributed by atoms with Crippen LogP contribution >= 0.6 is 0 Å². The largest absolute Gasteiger partial charge is 0.398 e. The Labute approximate surface area is 154 Å². The third-order valence-electron chi connectivity index (χ3n) is 4.81. The van der Waals surface area contributed by atoms with Crippen molar-refractivity contribution in [3.63, 3.8) is 0 Å². The molecule has 0 saturated carbocycles. The summed E-state index contributed by atoms with van der Waals surface area (Å²) in [6, 6.07) is 2.30. The summed E-state index contributed by atoms with van der Waals surface area (Å²) < 4.78 is 22.3. The monoisotopic (exact) mass is 380 g/mol. The van der Waals surface area contributed by atoms with E-state index in [0.717, 1.165) is 12.1 Å². The van der Waals surface area contributed by atoms with E-state index in [1.54, 1.807) is 28.4 Å². The SMILES string of the molecule is CCCC[Si](CCCC)(OC)OC.CO[Si](OC)(C(C)C)C(C)C. The molecule has 0 aromatic rings. The van der Waals surface area contributed by atoms with Gasteiger partial charge in [-0.05, 0) is 23.2 Å². The molecule has 148 valence electrons. The van der Waals surface area contributed by atoms with Crippen molar-refractivity contribution in [2.45, 2.75) is 90.4 Å². The van der Waals surface area contributed by atoms with Gasteiger partial charge < -0.3 is 17.7 Å². The molecule has 0 radical (unpaired) electrons. The molecular weight excluding hydrogens is 336 g/mol. The van der Waals surface area contributed by atoms with Gasteiger partial charge in [0.05, 0.1) is 0 Å². The van der Waals surface area contributed by atoms with E-state index in [-0.39, 0.29) is 0 Å². The van der Waals surface area contributed by atoms with Crippen LogP contribution in [0.15, 0.2) is 0 Å². The van der Waals surface area contributed by atoms with Gasteiger partial charge in [0.1, 0.15) is 0 Å². The summed E-state index contributed by atoms with van der Waals surface area (Å²) in [5, 5.41) is 0. The van der Waals surface area contributed by atoms with Crippen LogP contribution in [0, 0.1) is 0 Å². The fraction of sp³-hybridized carbons (Fsp3) is 1.00. The second-order valence-electron chi connectivity index (χ2n) is 6.97. The normalized spacial score (nSPS) is 12.5. The summed E-state index contributed by atoms with van der Waals surface area (Å²) in [4.78, 5) is 0. The molecule has 0 saturated heterocycles. The molecule has 0 spiro atoms. The van der Waals surface area contributed by atoms with Crippen LogP contribution in [0.25, 0.3) is 0 Å². The Morgan fingerprint density at radius 3 is 1.08 bits per heavy atom. The van der Waals surface area contributed by atoms with Gasteiger partial charge in [0.15, 0.2) is 0 Å². The van der Waals surface area contributed by atoms with E-state index in [4.69, 9.17) is 17.7 Å². The van der Waals surface area contributed by atoms with Gasteiger partial charge in [0.2, 0.25) is 0 Å². The molecule has 6 heteroatoms. The fourth-order valence-electron chi connectivity index (χ4n) is 3.20. The number of unbranched alkanes of at least 4 members (excludes halogenated alkanes) is 2. The van der Waals surface area contributed by atoms with Gasteiger partial charge in [-0.25, -0.2) is 0 Å². The van der Waals surface area contributed by atoms with E-state index in [2.05, 4.69) is 41.5 Å². The van der Waals surface area contributed by atoms with Crippen molar-refractivity contribution in [1.29, 1.82) is 0 Å². The minimum atomic E-state index is -1.90. The average Bonchev–Trinajstić information content (AvgIpc) is 2.57. The first kappa shape index (κ1) is 26.5. The predicted molar refractivity (Wildman–Crippen MR) is 109 cm³/mol. The summed E-state index contributed by atoms with van der Waals surface area (Å²) in [5.41, 5.74) is 1.02. The molecule has 0 N–H and O–H groups in total. The lowest BCUT2D eigenvalue weighted by atomic mass is 10.4. The number of rotatable bonds is 12. The van der Waals surface area contributed by atoms with Crippen LogP contribution < -0.4 is 0 Å². The maximum atomic E-state index is 5.61. The third-order valence-corrected chi connectivity index (χ3v) is 13.0. The first-order valence-electron chi connectivity index (χ1n) is 9.46. The molecule has 0 aromatic heterocycles. The summed E-state index contributed by atoms with van der Waals surface area (Å²) in [6.45, 7) is 13.1. The summed E-state index contributed by atoms with van der Waals surface area (Å²) >= 11 is 0. The number of hydrogen-bond acceptors (Lipinski definition) is 4. The lowest BCUT2D eigenvalue weighted by Gasteiger charge is -2.34. The van der Waals surface area contributed by atoms with E-state index in [0.29, 0.717) is 11.1 Å². The molecule has 0 fully saturated rings. The molecular formula is C18H44O4Si2. The van der Waals surface area contributed by atoms with Crippen LogP contribution in [-0.2, 0) is 17.7 Å². The summed E-state index contributed by atoms with van der Waals surface area (Å²) in [5.74, 6) is 0. The zero-order valence-corrected chi connectivity index (χ0v) is 20.0. The van der Waals surface area contributed by atoms with Crippen molar-refractivity contribution in [2.75, 3.05) is 28.4 Å². The van der Waals surface area contributed by atoms with Crippen molar-refractivity contribution in [3.8, 4) is 0 Å². The van der Waals surface area contributed by atoms with E-state index >= 15 is 0 Å². The van der Waals surface area contributed by atoms with Crippen LogP contribution in [0.5, 0.6) is 0 Å². The van der Waals surface area contributed by atoms with Gasteiger partial charge in [-0.3, -0.25) is 0 Å². The van der Waals surface area contributed by atoms with E-state index in [1.165, 1.54) is 25.7 Å². The zero-order valence-electron chi connectivity index (χ0n) is 18.0. The molecule has 0 aliphatic heterocycles. The highest BCUT2D eigenvalue weighted by atomic mass is 28.4. The molecule has 0 atom stereocenters. The highest BCUT2D eigenvalue weighted by Gasteiger charge is 2.42. The average molecular weight is 381 g/mol. The van der Waals surface area contributed by atoms with Gasteiger partial charge in [0, 0.05) is 28.4 Å². The highest BCUT2D eigenvalue weighted by Crippen LogP contribution is 2.32. The van der Waals surface area contributed by atoms with Gasteiger partial charge in [-0.2, -0.15) is 0 Å². The molecule has 24 heavy (non-hydrogen) atoms. The van der Waals surface area contributed by atoms with E-state index in [9.17, 15) is 0 Å². The Bertz CT molecular complexity index is 258. The molecule has 0 rings (SSSR count). The molecule has 0 unspecified atom stereocenters. The maximum absolute atomic E-state index is 5.61. The van der Waals surface area contributed by atoms with Crippen LogP contribution in [0.1, 0.15) is 67.2 Å². The highest BCUT2D eigenvalue weighted by molar-refractivity contribution is 6.70. The quantitative estimate of drug-likeness (QED) is 0.397. The fourth-order valence-corrected chi connectivity index (χ4v) is 9.60. The lowest BCUT2D eigenvalue weighted by molar-refractivity contribution is 0.223. The molecule has 0 aromatic carbocycles. The molecule has 0 heterocycles. The Balaban J connectivity index is 0. The van der Waals surface area contributed by atoms with Gasteiger partial charge in [-0.15, -0.1) is 0 Å². The first-order valence-corrected chi connectivity index (χ1v) is 13.7. The summed E-state index contributed by atoms with van der Waals surface area (Å²) in [6.07, 6.45) is 4.93. The Morgan fingerprint density at radius 1 is 0.625 bits per heavy atom. The standard InChI is InChI=1S/C10H24O2Si.C8H20O2Si/c1-5-7-9-13(11-3,12-4)10-8-6-2;1-7(2)11(9-5,10-6)8(3)4/h5-10H2,1-4H3;7-8H,1-6H3. The van der Waals surface area contributed by atoms with Crippen LogP contribution in [0.4, 0.5) is 0 Å². The minimum Gasteiger partial charge on any atom is -0.398 e. The van der Waals surface area contributed by atoms with Gasteiger partial charge in [-0.1, -0.05) is 67.2 Å². The van der Waals surface area contributed by atoms with Crippen molar-refractivity contribution in [3.05, 3.63) is 0 Å². The number of hydrogen-bond donors (Lipinski definition) is 0. The topological polar surface area (TPSA) is 36.9 Å². The maximum Gasteiger partial charge on any atom is 0.342 e. The van der Waals surface area contributed by atoms with E-state index < -0.39 is 17.1 Å². The Kier molecular flexibility index (Phi) is 15.9. The first-order chi connectivity index (χ1) is 11.3. The smallest absolute Gasteiger partial charge is 0.342 e. The van der Waals surface area contributed by atoms with Crippen molar-refractivity contribution in [2.24, 2.45) is 0 Å². The predicted octanol–water partition coefficient (Wildman–Crippen LogP) is 5.86. The Hall–Kier alpha value is 0.274. The summed E-state index contributed by atoms with van der Waals surface area (Å²) in [7, 11) is 3.45. The van der Waals surface area contributed by atoms with Crippen molar-refractivity contribution >= 4 is 17.1 Å². The molecule has 0 aliphatic carbocycles. The second kappa shape index (κ2) is 14.4. The molecule has 0 bridgehead atoms. The molecule has 4 nitrogen and oxygen atoms in total.